The predicted molar refractivity (Wildman–Crippen MR) is 119 cm³/mol. The third kappa shape index (κ3) is 4.11. The van der Waals surface area contributed by atoms with Gasteiger partial charge in [0, 0.05) is 49.6 Å². The van der Waals surface area contributed by atoms with Crippen LogP contribution in [0.25, 0.3) is 0 Å². The van der Waals surface area contributed by atoms with Gasteiger partial charge in [0.15, 0.2) is 5.82 Å². The summed E-state index contributed by atoms with van der Waals surface area (Å²) in [6, 6.07) is 4.21. The second-order valence-electron chi connectivity index (χ2n) is 9.21. The molecule has 3 aliphatic rings. The van der Waals surface area contributed by atoms with Crippen LogP contribution in [0.5, 0.6) is 0 Å². The number of aryl methyl sites for hydroxylation is 1. The number of piperidine rings is 2. The Morgan fingerprint density at radius 3 is 2.59 bits per heavy atom. The van der Waals surface area contributed by atoms with E-state index in [0.717, 1.165) is 62.9 Å². The number of hydrogen-bond donors (Lipinski definition) is 3. The Bertz CT molecular complexity index is 960. The molecular weight excluding hydrogens is 410 g/mol. The van der Waals surface area contributed by atoms with Crippen molar-refractivity contribution in [1.29, 1.82) is 0 Å². The lowest BCUT2D eigenvalue weighted by atomic mass is 9.81. The average molecular weight is 442 g/mol. The Balaban J connectivity index is 1.41. The van der Waals surface area contributed by atoms with Gasteiger partial charge < -0.3 is 25.0 Å². The normalized spacial score (nSPS) is 27.4. The second kappa shape index (κ2) is 8.57. The first-order valence-corrected chi connectivity index (χ1v) is 11.5. The summed E-state index contributed by atoms with van der Waals surface area (Å²) in [5, 5.41) is 20.2. The fraction of sp³-hybridized carbons (Fsp3) is 0.636. The number of carbonyl (C=O) groups is 1. The van der Waals surface area contributed by atoms with Crippen LogP contribution in [0.1, 0.15) is 62.4 Å². The molecule has 172 valence electrons. The van der Waals surface area contributed by atoms with Gasteiger partial charge in [-0.15, -0.1) is 0 Å². The predicted octanol–water partition coefficient (Wildman–Crippen LogP) is 3.60. The number of anilines is 3. The van der Waals surface area contributed by atoms with E-state index in [-0.39, 0.29) is 24.2 Å². The zero-order valence-electron chi connectivity index (χ0n) is 18.6. The highest BCUT2D eigenvalue weighted by Gasteiger charge is 2.42. The molecule has 3 saturated heterocycles. The first-order valence-electron chi connectivity index (χ1n) is 11.5. The number of aromatic amines is 1. The van der Waals surface area contributed by atoms with Crippen LogP contribution >= 0.6 is 0 Å². The van der Waals surface area contributed by atoms with Crippen LogP contribution in [0.4, 0.5) is 22.4 Å². The van der Waals surface area contributed by atoms with Crippen molar-refractivity contribution in [2.75, 3.05) is 23.9 Å². The number of H-pyrrole nitrogens is 1. The molecule has 32 heavy (non-hydrogen) atoms. The van der Waals surface area contributed by atoms with Gasteiger partial charge in [0.25, 0.3) is 0 Å². The first-order chi connectivity index (χ1) is 15.5. The van der Waals surface area contributed by atoms with E-state index in [0.29, 0.717) is 17.6 Å². The van der Waals surface area contributed by atoms with Gasteiger partial charge in [-0.05, 0) is 51.9 Å². The summed E-state index contributed by atoms with van der Waals surface area (Å²) in [5.74, 6) is 2.03. The van der Waals surface area contributed by atoms with E-state index in [9.17, 15) is 9.90 Å². The molecule has 3 N–H and O–H groups in total. The molecule has 4 atom stereocenters. The quantitative estimate of drug-likeness (QED) is 0.644. The van der Waals surface area contributed by atoms with Gasteiger partial charge in [-0.3, -0.25) is 5.10 Å². The first kappa shape index (κ1) is 21.0. The molecule has 10 heteroatoms. The number of fused-ring (bicyclic) bond motifs is 2. The molecule has 2 bridgehead atoms. The molecule has 0 radical (unpaired) electrons. The molecule has 2 aromatic rings. The van der Waals surface area contributed by atoms with Gasteiger partial charge in [-0.1, -0.05) is 0 Å². The summed E-state index contributed by atoms with van der Waals surface area (Å²) in [6.45, 7) is 2.70. The Morgan fingerprint density at radius 2 is 1.97 bits per heavy atom. The molecule has 0 spiro atoms. The molecule has 1 amide bonds. The third-order valence-electron chi connectivity index (χ3n) is 6.99. The van der Waals surface area contributed by atoms with Crippen LogP contribution in [-0.2, 0) is 4.74 Å². The van der Waals surface area contributed by atoms with E-state index in [2.05, 4.69) is 20.4 Å². The number of hydrogen-bond acceptors (Lipinski definition) is 7. The zero-order valence-corrected chi connectivity index (χ0v) is 18.6. The lowest BCUT2D eigenvalue weighted by molar-refractivity contribution is 0.0351. The average Bonchev–Trinajstić information content (AvgIpc) is 3.44. The van der Waals surface area contributed by atoms with Gasteiger partial charge >= 0.3 is 6.09 Å². The molecule has 0 aromatic carbocycles. The fourth-order valence-electron chi connectivity index (χ4n) is 5.41. The van der Waals surface area contributed by atoms with Crippen molar-refractivity contribution in [3.63, 3.8) is 0 Å². The number of nitrogens with one attached hydrogen (secondary N) is 2. The van der Waals surface area contributed by atoms with Crippen molar-refractivity contribution < 1.29 is 14.6 Å². The second-order valence-corrected chi connectivity index (χ2v) is 9.21. The number of aromatic nitrogens is 4. The number of rotatable bonds is 5. The van der Waals surface area contributed by atoms with Crippen LogP contribution < -0.4 is 10.2 Å². The topological polar surface area (TPSA) is 120 Å². The van der Waals surface area contributed by atoms with Crippen molar-refractivity contribution in [3.05, 3.63) is 23.5 Å². The minimum atomic E-state index is -0.793. The maximum absolute atomic E-state index is 11.8. The highest BCUT2D eigenvalue weighted by atomic mass is 16.5. The van der Waals surface area contributed by atoms with E-state index in [1.54, 1.807) is 4.90 Å². The molecule has 1 unspecified atom stereocenters. The maximum atomic E-state index is 11.8. The SMILES string of the molecule is Cc1cc(Nc2cc(C3CCCO3)nc(N(C)[C@@H]3C[C@H]4CCC[C@@H](C3)N4C(=O)O)n2)n[nH]1. The van der Waals surface area contributed by atoms with E-state index in [1.165, 1.54) is 0 Å². The van der Waals surface area contributed by atoms with Gasteiger partial charge in [0.2, 0.25) is 5.95 Å². The molecule has 3 fully saturated rings. The summed E-state index contributed by atoms with van der Waals surface area (Å²) in [7, 11) is 2.02. The highest BCUT2D eigenvalue weighted by molar-refractivity contribution is 5.66. The number of carboxylic acid groups (broad SMARTS) is 1. The number of ether oxygens (including phenoxy) is 1. The van der Waals surface area contributed by atoms with Gasteiger partial charge in [0.05, 0.1) is 11.8 Å². The molecule has 0 aliphatic carbocycles. The summed E-state index contributed by atoms with van der Waals surface area (Å²) in [5.41, 5.74) is 1.84. The third-order valence-corrected chi connectivity index (χ3v) is 6.99. The largest absolute Gasteiger partial charge is 0.465 e. The van der Waals surface area contributed by atoms with Crippen molar-refractivity contribution in [3.8, 4) is 0 Å². The molecule has 5 rings (SSSR count). The van der Waals surface area contributed by atoms with E-state index in [1.807, 2.05) is 26.1 Å². The number of amides is 1. The zero-order chi connectivity index (χ0) is 22.2. The minimum absolute atomic E-state index is 0.0279. The lowest BCUT2D eigenvalue weighted by Crippen LogP contribution is -2.58. The Labute approximate surface area is 187 Å². The smallest absolute Gasteiger partial charge is 0.407 e. The molecule has 2 aromatic heterocycles. The van der Waals surface area contributed by atoms with Crippen molar-refractivity contribution in [2.45, 2.75) is 76.1 Å². The minimum Gasteiger partial charge on any atom is -0.465 e. The monoisotopic (exact) mass is 441 g/mol. The highest BCUT2D eigenvalue weighted by Crippen LogP contribution is 2.37. The van der Waals surface area contributed by atoms with Crippen LogP contribution in [-0.4, -0.2) is 68.0 Å². The number of nitrogens with zero attached hydrogens (tertiary/aromatic N) is 5. The van der Waals surface area contributed by atoms with Crippen LogP contribution in [0.2, 0.25) is 0 Å². The molecule has 10 nitrogen and oxygen atoms in total. The molecule has 3 aliphatic heterocycles. The van der Waals surface area contributed by atoms with Gasteiger partial charge in [0.1, 0.15) is 5.82 Å². The fourth-order valence-corrected chi connectivity index (χ4v) is 5.41. The van der Waals surface area contributed by atoms with Crippen molar-refractivity contribution in [1.82, 2.24) is 25.1 Å². The van der Waals surface area contributed by atoms with E-state index in [4.69, 9.17) is 14.7 Å². The maximum Gasteiger partial charge on any atom is 0.407 e. The Hall–Kier alpha value is -2.88. The molecular formula is C22H31N7O3. The lowest BCUT2D eigenvalue weighted by Gasteiger charge is -2.49. The van der Waals surface area contributed by atoms with Crippen LogP contribution in [0, 0.1) is 6.92 Å². The summed E-state index contributed by atoms with van der Waals surface area (Å²) in [6.07, 6.45) is 5.70. The van der Waals surface area contributed by atoms with Crippen molar-refractivity contribution in [2.24, 2.45) is 0 Å². The van der Waals surface area contributed by atoms with Gasteiger partial charge in [-0.2, -0.15) is 10.1 Å². The summed E-state index contributed by atoms with van der Waals surface area (Å²) >= 11 is 0. The van der Waals surface area contributed by atoms with E-state index >= 15 is 0 Å². The van der Waals surface area contributed by atoms with Crippen LogP contribution in [0.3, 0.4) is 0 Å². The summed E-state index contributed by atoms with van der Waals surface area (Å²) < 4.78 is 5.90. The Kier molecular flexibility index (Phi) is 5.62. The summed E-state index contributed by atoms with van der Waals surface area (Å²) in [4.78, 5) is 25.3. The van der Waals surface area contributed by atoms with Crippen LogP contribution in [0.15, 0.2) is 12.1 Å². The Morgan fingerprint density at radius 1 is 1.19 bits per heavy atom. The van der Waals surface area contributed by atoms with Gasteiger partial charge in [-0.25, -0.2) is 9.78 Å². The van der Waals surface area contributed by atoms with Crippen molar-refractivity contribution >= 4 is 23.7 Å². The molecule has 5 heterocycles. The van der Waals surface area contributed by atoms with E-state index < -0.39 is 6.09 Å². The standard InChI is InChI=1S/C22H31N7O3/c1-13-9-20(27-26-13)24-19-12-17(18-7-4-8-32-18)23-21(25-19)28(2)16-10-14-5-3-6-15(11-16)29(14)22(30)31/h9,12,14-16,18H,3-8,10-11H2,1-2H3,(H,30,31)(H2,23,24,25,26,27)/t14-,15+,16-,18?. The molecule has 0 saturated carbocycles.